The van der Waals surface area contributed by atoms with Gasteiger partial charge in [-0.3, -0.25) is 4.79 Å². The number of amides is 1. The Morgan fingerprint density at radius 1 is 1.03 bits per heavy atom. The number of carbonyl (C=O) groups excluding carboxylic acids is 1. The van der Waals surface area contributed by atoms with Gasteiger partial charge in [-0.2, -0.15) is 13.2 Å². The molecule has 36 heavy (non-hydrogen) atoms. The third-order valence-electron chi connectivity index (χ3n) is 5.70. The Hall–Kier alpha value is -4.09. The molecule has 3 aromatic heterocycles. The van der Waals surface area contributed by atoms with E-state index in [1.54, 1.807) is 6.07 Å². The van der Waals surface area contributed by atoms with Crippen LogP contribution in [0.1, 0.15) is 21.6 Å². The molecule has 186 valence electrons. The van der Waals surface area contributed by atoms with Crippen molar-refractivity contribution >= 4 is 28.4 Å². The molecule has 0 atom stereocenters. The molecule has 6 nitrogen and oxygen atoms in total. The summed E-state index contributed by atoms with van der Waals surface area (Å²) in [7, 11) is 0. The molecule has 4 heterocycles. The number of carbonyl (C=O) groups is 1. The molecule has 1 aromatic carbocycles. The number of hydrogen-bond acceptors (Lipinski definition) is 4. The molecule has 5 rings (SSSR count). The van der Waals surface area contributed by atoms with Crippen LogP contribution in [0.25, 0.3) is 11.0 Å². The van der Waals surface area contributed by atoms with Crippen molar-refractivity contribution in [3.63, 3.8) is 0 Å². The van der Waals surface area contributed by atoms with E-state index in [-0.39, 0.29) is 29.0 Å². The minimum Gasteiger partial charge on any atom is -0.344 e. The Labute approximate surface area is 200 Å². The van der Waals surface area contributed by atoms with E-state index in [2.05, 4.69) is 15.3 Å². The van der Waals surface area contributed by atoms with E-state index < -0.39 is 42.5 Å². The highest BCUT2D eigenvalue weighted by Crippen LogP contribution is 2.33. The molecule has 1 saturated heterocycles. The molecular formula is C24H17F6N5O. The molecule has 0 unspecified atom stereocenters. The van der Waals surface area contributed by atoms with Crippen molar-refractivity contribution < 1.29 is 31.1 Å². The Morgan fingerprint density at radius 2 is 1.81 bits per heavy atom. The Balaban J connectivity index is 1.45. The molecule has 4 aromatic rings. The van der Waals surface area contributed by atoms with E-state index in [4.69, 9.17) is 0 Å². The van der Waals surface area contributed by atoms with Crippen LogP contribution in [0.5, 0.6) is 0 Å². The van der Waals surface area contributed by atoms with Crippen LogP contribution in [0.3, 0.4) is 0 Å². The van der Waals surface area contributed by atoms with Gasteiger partial charge >= 0.3 is 6.18 Å². The average molecular weight is 505 g/mol. The highest BCUT2D eigenvalue weighted by atomic mass is 19.4. The summed E-state index contributed by atoms with van der Waals surface area (Å²) in [5.74, 6) is -3.61. The lowest BCUT2D eigenvalue weighted by atomic mass is 10.1. The van der Waals surface area contributed by atoms with Crippen LogP contribution in [0, 0.1) is 5.82 Å². The van der Waals surface area contributed by atoms with E-state index in [0.29, 0.717) is 17.6 Å². The first-order valence-electron chi connectivity index (χ1n) is 10.7. The third-order valence-corrected chi connectivity index (χ3v) is 5.70. The summed E-state index contributed by atoms with van der Waals surface area (Å²) < 4.78 is 80.9. The van der Waals surface area contributed by atoms with E-state index >= 15 is 0 Å². The van der Waals surface area contributed by atoms with Crippen LogP contribution in [0.15, 0.2) is 60.9 Å². The summed E-state index contributed by atoms with van der Waals surface area (Å²) in [4.78, 5) is 22.5. The van der Waals surface area contributed by atoms with Crippen molar-refractivity contribution in [2.24, 2.45) is 0 Å². The normalized spacial score (nSPS) is 15.1. The van der Waals surface area contributed by atoms with E-state index in [1.165, 1.54) is 52.1 Å². The van der Waals surface area contributed by atoms with Gasteiger partial charge in [0.25, 0.3) is 11.8 Å². The minimum atomic E-state index is -4.62. The SMILES string of the molecule is O=C(Nc1ccc(N2CC(F)(F)C2)nc1)c1cc2cc(C(F)(F)F)cnc2n1Cc1cccc(F)c1. The Kier molecular flexibility index (Phi) is 5.61. The average Bonchev–Trinajstić information content (AvgIpc) is 3.15. The maximum Gasteiger partial charge on any atom is 0.417 e. The summed E-state index contributed by atoms with van der Waals surface area (Å²) in [5.41, 5.74) is -0.137. The molecule has 0 spiro atoms. The van der Waals surface area contributed by atoms with E-state index in [0.717, 1.165) is 6.07 Å². The number of hydrogen-bond donors (Lipinski definition) is 1. The number of nitrogens with one attached hydrogen (secondary N) is 1. The van der Waals surface area contributed by atoms with Crippen LogP contribution >= 0.6 is 0 Å². The second-order valence-corrected chi connectivity index (χ2v) is 8.45. The van der Waals surface area contributed by atoms with Gasteiger partial charge in [0.15, 0.2) is 0 Å². The smallest absolute Gasteiger partial charge is 0.344 e. The van der Waals surface area contributed by atoms with Crippen molar-refractivity contribution in [2.45, 2.75) is 18.6 Å². The molecule has 12 heteroatoms. The number of benzene rings is 1. The molecule has 1 amide bonds. The van der Waals surface area contributed by atoms with Crippen molar-refractivity contribution in [3.05, 3.63) is 83.6 Å². The molecule has 1 aliphatic heterocycles. The fraction of sp³-hybridized carbons (Fsp3) is 0.208. The quantitative estimate of drug-likeness (QED) is 0.372. The van der Waals surface area contributed by atoms with Gasteiger partial charge in [-0.25, -0.2) is 23.1 Å². The zero-order chi connectivity index (χ0) is 25.7. The second kappa shape index (κ2) is 8.54. The summed E-state index contributed by atoms with van der Waals surface area (Å²) in [6.45, 7) is -0.916. The van der Waals surface area contributed by atoms with Crippen molar-refractivity contribution in [3.8, 4) is 0 Å². The van der Waals surface area contributed by atoms with Gasteiger partial charge in [0, 0.05) is 18.1 Å². The predicted octanol–water partition coefficient (Wildman–Crippen LogP) is 5.35. The van der Waals surface area contributed by atoms with Crippen LogP contribution < -0.4 is 10.2 Å². The molecule has 0 saturated carbocycles. The lowest BCUT2D eigenvalue weighted by molar-refractivity contribution is -0.137. The van der Waals surface area contributed by atoms with Crippen LogP contribution in [-0.4, -0.2) is 39.5 Å². The Morgan fingerprint density at radius 3 is 2.44 bits per heavy atom. The first kappa shape index (κ1) is 23.6. The van der Waals surface area contributed by atoms with E-state index in [1.807, 2.05) is 0 Å². The summed E-state index contributed by atoms with van der Waals surface area (Å²) in [6, 6.07) is 10.7. The number of alkyl halides is 5. The van der Waals surface area contributed by atoms with Crippen LogP contribution in [-0.2, 0) is 12.7 Å². The lowest BCUT2D eigenvalue weighted by Crippen LogP contribution is -2.56. The lowest BCUT2D eigenvalue weighted by Gasteiger charge is -2.39. The number of fused-ring (bicyclic) bond motifs is 1. The fourth-order valence-electron chi connectivity index (χ4n) is 3.98. The van der Waals surface area contributed by atoms with Crippen LogP contribution in [0.2, 0.25) is 0 Å². The molecule has 0 radical (unpaired) electrons. The summed E-state index contributed by atoms with van der Waals surface area (Å²) in [5, 5.41) is 2.69. The second-order valence-electron chi connectivity index (χ2n) is 8.45. The molecular weight excluding hydrogens is 488 g/mol. The van der Waals surface area contributed by atoms with Gasteiger partial charge in [0.1, 0.15) is 23.0 Å². The van der Waals surface area contributed by atoms with Gasteiger partial charge in [0.05, 0.1) is 30.5 Å². The monoisotopic (exact) mass is 505 g/mol. The maximum absolute atomic E-state index is 13.7. The highest BCUT2D eigenvalue weighted by molar-refractivity contribution is 6.06. The molecule has 1 fully saturated rings. The van der Waals surface area contributed by atoms with Gasteiger partial charge < -0.3 is 14.8 Å². The number of halogens is 6. The van der Waals surface area contributed by atoms with Gasteiger partial charge in [0.2, 0.25) is 0 Å². The molecule has 0 bridgehead atoms. The van der Waals surface area contributed by atoms with E-state index in [9.17, 15) is 31.1 Å². The number of rotatable bonds is 5. The third kappa shape index (κ3) is 4.70. The van der Waals surface area contributed by atoms with Gasteiger partial charge in [-0.1, -0.05) is 12.1 Å². The maximum atomic E-state index is 13.7. The van der Waals surface area contributed by atoms with Crippen LogP contribution in [0.4, 0.5) is 37.8 Å². The minimum absolute atomic E-state index is 0.00690. The predicted molar refractivity (Wildman–Crippen MR) is 120 cm³/mol. The molecule has 1 N–H and O–H groups in total. The molecule has 0 aliphatic carbocycles. The fourth-order valence-corrected chi connectivity index (χ4v) is 3.98. The topological polar surface area (TPSA) is 63.1 Å². The largest absolute Gasteiger partial charge is 0.417 e. The van der Waals surface area contributed by atoms with Crippen molar-refractivity contribution in [1.82, 2.24) is 14.5 Å². The first-order valence-corrected chi connectivity index (χ1v) is 10.7. The van der Waals surface area contributed by atoms with Gasteiger partial charge in [-0.05, 0) is 42.0 Å². The summed E-state index contributed by atoms with van der Waals surface area (Å²) in [6.07, 6.45) is -2.65. The standard InChI is InChI=1S/C24H17F6N5O/c25-17-3-1-2-14(6-17)11-35-19(8-15-7-16(24(28,29)30)9-32-21(15)35)22(36)33-18-4-5-20(31-10-18)34-12-23(26,27)13-34/h1-10H,11-13H2,(H,33,36). The first-order chi connectivity index (χ1) is 17.0. The number of anilines is 2. The number of pyridine rings is 2. The Bertz CT molecular complexity index is 1440. The zero-order valence-electron chi connectivity index (χ0n) is 18.4. The molecule has 1 aliphatic rings. The zero-order valence-corrected chi connectivity index (χ0v) is 18.4. The van der Waals surface area contributed by atoms with Gasteiger partial charge in [-0.15, -0.1) is 0 Å². The highest BCUT2D eigenvalue weighted by Gasteiger charge is 2.44. The van der Waals surface area contributed by atoms with Crippen molar-refractivity contribution in [1.29, 1.82) is 0 Å². The number of aromatic nitrogens is 3. The summed E-state index contributed by atoms with van der Waals surface area (Å²) >= 11 is 0. The number of nitrogens with zero attached hydrogens (tertiary/aromatic N) is 4. The van der Waals surface area contributed by atoms with Crippen molar-refractivity contribution in [2.75, 3.05) is 23.3 Å².